The number of ether oxygens (including phenoxy) is 1. The van der Waals surface area contributed by atoms with Crippen LogP contribution < -0.4 is 0 Å². The Bertz CT molecular complexity index is 219. The Kier molecular flexibility index (Phi) is 11.8. The molecule has 0 spiro atoms. The first-order valence-corrected chi connectivity index (χ1v) is 7.67. The minimum atomic E-state index is -1.70. The molecule has 17 heavy (non-hydrogen) atoms. The van der Waals surface area contributed by atoms with Crippen LogP contribution in [-0.2, 0) is 20.6 Å². The minimum absolute atomic E-state index is 0.147. The van der Waals surface area contributed by atoms with Crippen LogP contribution in [0.1, 0.15) is 58.3 Å². The lowest BCUT2D eigenvalue weighted by Crippen LogP contribution is -2.06. The third kappa shape index (κ3) is 13.5. The van der Waals surface area contributed by atoms with Crippen molar-refractivity contribution in [1.29, 1.82) is 0 Å². The van der Waals surface area contributed by atoms with E-state index >= 15 is 0 Å². The maximum absolute atomic E-state index is 11.2. The van der Waals surface area contributed by atoms with E-state index in [-0.39, 0.29) is 5.97 Å². The average Bonchev–Trinajstić information content (AvgIpc) is 2.28. The minimum Gasteiger partial charge on any atom is -0.466 e. The summed E-state index contributed by atoms with van der Waals surface area (Å²) in [4.78, 5) is 11.2. The lowest BCUT2D eigenvalue weighted by molar-refractivity contribution is -0.143. The molecule has 0 amide bonds. The topological polar surface area (TPSA) is 63.6 Å². The van der Waals surface area contributed by atoms with Gasteiger partial charge in [0.2, 0.25) is 0 Å². The molecule has 0 saturated carbocycles. The summed E-state index contributed by atoms with van der Waals surface area (Å²) in [5, 5.41) is 0. The van der Waals surface area contributed by atoms with Gasteiger partial charge in [-0.25, -0.2) is 4.21 Å². The van der Waals surface area contributed by atoms with Gasteiger partial charge >= 0.3 is 5.97 Å². The molecule has 0 fully saturated rings. The van der Waals surface area contributed by atoms with E-state index in [0.717, 1.165) is 25.7 Å². The summed E-state index contributed by atoms with van der Waals surface area (Å²) >= 11 is -1.70. The van der Waals surface area contributed by atoms with E-state index < -0.39 is 11.1 Å². The van der Waals surface area contributed by atoms with Crippen LogP contribution in [0.25, 0.3) is 0 Å². The molecule has 0 radical (unpaired) electrons. The number of carbonyl (C=O) groups excluding carboxylic acids is 1. The van der Waals surface area contributed by atoms with Gasteiger partial charge in [-0.15, -0.1) is 0 Å². The molecule has 0 aromatic rings. The Morgan fingerprint density at radius 3 is 2.47 bits per heavy atom. The third-order valence-electron chi connectivity index (χ3n) is 2.46. The normalized spacial score (nSPS) is 12.4. The second-order valence-corrected chi connectivity index (χ2v) is 5.17. The summed E-state index contributed by atoms with van der Waals surface area (Å²) in [7, 11) is 0. The molecule has 0 aromatic carbocycles. The van der Waals surface area contributed by atoms with Crippen LogP contribution in [0, 0.1) is 0 Å². The second-order valence-electron chi connectivity index (χ2n) is 4.12. The van der Waals surface area contributed by atoms with Gasteiger partial charge in [-0.2, -0.15) is 0 Å². The highest BCUT2D eigenvalue weighted by Gasteiger charge is 2.02. The van der Waals surface area contributed by atoms with Crippen molar-refractivity contribution >= 4 is 17.0 Å². The lowest BCUT2D eigenvalue weighted by Gasteiger charge is -2.04. The standard InChI is InChI=1S/C12H24O4S/c1-2-3-4-7-10-16-12(13)9-6-5-8-11-17(14)15/h2-11H2,1H3,(H,14,15). The fourth-order valence-electron chi connectivity index (χ4n) is 1.46. The maximum Gasteiger partial charge on any atom is 0.305 e. The number of unbranched alkanes of at least 4 members (excludes halogenated alkanes) is 5. The summed E-state index contributed by atoms with van der Waals surface area (Å²) in [5.41, 5.74) is 0. The van der Waals surface area contributed by atoms with Gasteiger partial charge in [0.25, 0.3) is 0 Å². The molecule has 0 aliphatic carbocycles. The monoisotopic (exact) mass is 264 g/mol. The Morgan fingerprint density at radius 1 is 1.12 bits per heavy atom. The number of hydrogen-bond acceptors (Lipinski definition) is 3. The molecular formula is C12H24O4S. The average molecular weight is 264 g/mol. The fraction of sp³-hybridized carbons (Fsp3) is 0.917. The van der Waals surface area contributed by atoms with Crippen molar-refractivity contribution in [2.24, 2.45) is 0 Å². The molecule has 1 N–H and O–H groups in total. The van der Waals surface area contributed by atoms with Gasteiger partial charge < -0.3 is 9.29 Å². The molecule has 0 aromatic heterocycles. The zero-order valence-corrected chi connectivity index (χ0v) is 11.5. The van der Waals surface area contributed by atoms with Crippen molar-refractivity contribution in [2.45, 2.75) is 58.3 Å². The predicted octanol–water partition coefficient (Wildman–Crippen LogP) is 2.89. The zero-order chi connectivity index (χ0) is 12.9. The van der Waals surface area contributed by atoms with Gasteiger partial charge in [-0.3, -0.25) is 4.79 Å². The van der Waals surface area contributed by atoms with E-state index in [1.807, 2.05) is 0 Å². The molecule has 0 aliphatic rings. The molecule has 4 nitrogen and oxygen atoms in total. The van der Waals surface area contributed by atoms with E-state index in [1.165, 1.54) is 12.8 Å². The molecule has 0 aliphatic heterocycles. The highest BCUT2D eigenvalue weighted by Crippen LogP contribution is 2.04. The predicted molar refractivity (Wildman–Crippen MR) is 69.2 cm³/mol. The van der Waals surface area contributed by atoms with E-state index in [9.17, 15) is 9.00 Å². The van der Waals surface area contributed by atoms with Crippen LogP contribution in [0.15, 0.2) is 0 Å². The zero-order valence-electron chi connectivity index (χ0n) is 10.7. The molecule has 1 atom stereocenters. The van der Waals surface area contributed by atoms with Crippen molar-refractivity contribution in [2.75, 3.05) is 12.4 Å². The number of rotatable bonds is 11. The highest BCUT2D eigenvalue weighted by molar-refractivity contribution is 7.79. The smallest absolute Gasteiger partial charge is 0.305 e. The van der Waals surface area contributed by atoms with Crippen LogP contribution in [0.2, 0.25) is 0 Å². The Morgan fingerprint density at radius 2 is 1.82 bits per heavy atom. The van der Waals surface area contributed by atoms with Gasteiger partial charge in [0.1, 0.15) is 0 Å². The SMILES string of the molecule is CCCCCCOC(=O)CCCCCS(=O)O. The molecular weight excluding hydrogens is 240 g/mol. The van der Waals surface area contributed by atoms with Crippen molar-refractivity contribution in [1.82, 2.24) is 0 Å². The van der Waals surface area contributed by atoms with E-state index in [1.54, 1.807) is 0 Å². The molecule has 1 unspecified atom stereocenters. The van der Waals surface area contributed by atoms with Crippen molar-refractivity contribution in [3.8, 4) is 0 Å². The first-order chi connectivity index (χ1) is 8.16. The number of carbonyl (C=O) groups is 1. The van der Waals surface area contributed by atoms with Crippen LogP contribution >= 0.6 is 0 Å². The first kappa shape index (κ1) is 16.6. The van der Waals surface area contributed by atoms with E-state index in [4.69, 9.17) is 9.29 Å². The first-order valence-electron chi connectivity index (χ1n) is 6.40. The number of hydrogen-bond donors (Lipinski definition) is 1. The van der Waals surface area contributed by atoms with Crippen LogP contribution in [0.3, 0.4) is 0 Å². The Labute approximate surface area is 106 Å². The van der Waals surface area contributed by atoms with E-state index in [2.05, 4.69) is 6.92 Å². The van der Waals surface area contributed by atoms with Crippen LogP contribution in [-0.4, -0.2) is 27.1 Å². The quantitative estimate of drug-likeness (QED) is 0.354. The molecule has 0 saturated heterocycles. The summed E-state index contributed by atoms with van der Waals surface area (Å²) in [6, 6.07) is 0. The summed E-state index contributed by atoms with van der Waals surface area (Å²) < 4.78 is 23.9. The lowest BCUT2D eigenvalue weighted by atomic mass is 10.2. The largest absolute Gasteiger partial charge is 0.466 e. The van der Waals surface area contributed by atoms with Gasteiger partial charge in [-0.05, 0) is 19.3 Å². The van der Waals surface area contributed by atoms with Crippen molar-refractivity contribution in [3.05, 3.63) is 0 Å². The maximum atomic E-state index is 11.2. The highest BCUT2D eigenvalue weighted by atomic mass is 32.2. The van der Waals surface area contributed by atoms with Crippen molar-refractivity contribution in [3.63, 3.8) is 0 Å². The van der Waals surface area contributed by atoms with Crippen LogP contribution in [0.4, 0.5) is 0 Å². The molecule has 0 bridgehead atoms. The van der Waals surface area contributed by atoms with Gasteiger partial charge in [0.05, 0.1) is 6.61 Å². The summed E-state index contributed by atoms with van der Waals surface area (Å²) in [5.74, 6) is 0.151. The van der Waals surface area contributed by atoms with Gasteiger partial charge in [0.15, 0.2) is 11.1 Å². The van der Waals surface area contributed by atoms with E-state index in [0.29, 0.717) is 25.2 Å². The fourth-order valence-corrected chi connectivity index (χ4v) is 1.91. The second kappa shape index (κ2) is 12.0. The van der Waals surface area contributed by atoms with Gasteiger partial charge in [-0.1, -0.05) is 32.6 Å². The number of esters is 1. The Balaban J connectivity index is 3.20. The summed E-state index contributed by atoms with van der Waals surface area (Å²) in [6.07, 6.45) is 7.09. The van der Waals surface area contributed by atoms with Crippen molar-refractivity contribution < 1.29 is 18.3 Å². The molecule has 0 heterocycles. The summed E-state index contributed by atoms with van der Waals surface area (Å²) in [6.45, 7) is 2.67. The molecule has 0 rings (SSSR count). The Hall–Kier alpha value is -0.420. The third-order valence-corrected chi connectivity index (χ3v) is 3.10. The van der Waals surface area contributed by atoms with Gasteiger partial charge in [0, 0.05) is 12.2 Å². The molecule has 5 heteroatoms. The van der Waals surface area contributed by atoms with Crippen LogP contribution in [0.5, 0.6) is 0 Å². The molecule has 102 valence electrons.